The fraction of sp³-hybridized carbons (Fsp3) is 0. The lowest BCUT2D eigenvalue weighted by Gasteiger charge is -1.93. The normalized spacial score (nSPS) is 13.9. The lowest BCUT2D eigenvalue weighted by atomic mass is 11.7. The minimum absolute atomic E-state index is 0.0733. The summed E-state index contributed by atoms with van der Waals surface area (Å²) in [6.45, 7) is 0. The highest BCUT2D eigenvalue weighted by atomic mass is 33.2. The molecule has 0 radical (unpaired) electrons. The smallest absolute Gasteiger partial charge is 0.381 e. The van der Waals surface area contributed by atoms with Crippen LogP contribution in [0, 0.1) is 0 Å². The fourth-order valence-corrected chi connectivity index (χ4v) is 0.605. The van der Waals surface area contributed by atoms with E-state index in [2.05, 4.69) is 0 Å². The van der Waals surface area contributed by atoms with Gasteiger partial charge in [0.2, 0.25) is 0 Å². The first-order valence-electron chi connectivity index (χ1n) is 1.53. The van der Waals surface area contributed by atoms with E-state index in [0.29, 0.717) is 0 Å². The summed E-state index contributed by atoms with van der Waals surface area (Å²) in [5, 5.41) is 0. The summed E-state index contributed by atoms with van der Waals surface area (Å²) in [5.41, 5.74) is 7.49. The molecule has 8 heteroatoms. The molecule has 1 unspecified atom stereocenters. The van der Waals surface area contributed by atoms with Gasteiger partial charge in [-0.05, 0) is 0 Å². The maximum absolute atomic E-state index is 10.0. The molecule has 0 N–H and O–H groups in total. The molecular weight excluding hydrogens is 168 g/mol. The van der Waals surface area contributed by atoms with Crippen LogP contribution in [-0.4, -0.2) is 27.5 Å². The Hall–Kier alpha value is -0.560. The summed E-state index contributed by atoms with van der Waals surface area (Å²) in [5.74, 6) is 0. The molecule has 0 bridgehead atoms. The van der Waals surface area contributed by atoms with E-state index in [4.69, 9.17) is 5.53 Å². The SMILES string of the molecule is [N-]=[N+]=CS(=O)(=O)S(=O)[O-]. The molecule has 0 aliphatic carbocycles. The van der Waals surface area contributed by atoms with Crippen LogP contribution < -0.4 is 0 Å². The van der Waals surface area contributed by atoms with Crippen LogP contribution in [0.1, 0.15) is 0 Å². The van der Waals surface area contributed by atoms with Crippen LogP contribution >= 0.6 is 0 Å². The van der Waals surface area contributed by atoms with Gasteiger partial charge in [0.25, 0.3) is 0 Å². The summed E-state index contributed by atoms with van der Waals surface area (Å²) in [6, 6.07) is 0. The van der Waals surface area contributed by atoms with Crippen LogP contribution in [0.25, 0.3) is 5.53 Å². The molecule has 0 heterocycles. The summed E-state index contributed by atoms with van der Waals surface area (Å²) in [6.07, 6.45) is 0. The first-order valence-corrected chi connectivity index (χ1v) is 4.67. The molecule has 0 fully saturated rings. The monoisotopic (exact) mass is 169 g/mol. The molecular formula is CHN2O4S2-. The Bertz CT molecular complexity index is 250. The quantitative estimate of drug-likeness (QED) is 0.124. The molecule has 6 nitrogen and oxygen atoms in total. The van der Waals surface area contributed by atoms with E-state index in [1.165, 1.54) is 0 Å². The Morgan fingerprint density at radius 1 is 1.67 bits per heavy atom. The second-order valence-corrected chi connectivity index (χ2v) is 4.73. The summed E-state index contributed by atoms with van der Waals surface area (Å²) in [4.78, 5) is 2.02. The van der Waals surface area contributed by atoms with Crippen molar-refractivity contribution in [3.05, 3.63) is 5.53 Å². The van der Waals surface area contributed by atoms with Crippen LogP contribution in [0.3, 0.4) is 0 Å². The Balaban J connectivity index is 4.85. The third kappa shape index (κ3) is 2.47. The zero-order valence-electron chi connectivity index (χ0n) is 3.92. The molecule has 0 amide bonds. The number of hydrogen-bond acceptors (Lipinski definition) is 4. The molecule has 9 heavy (non-hydrogen) atoms. The molecule has 0 aromatic rings. The topological polar surface area (TPSA) is 111 Å². The fourth-order valence-electron chi connectivity index (χ4n) is 0.0929. The Morgan fingerprint density at radius 3 is 2.22 bits per heavy atom. The molecule has 52 valence electrons. The average Bonchev–Trinajstić information content (AvgIpc) is 1.65. The van der Waals surface area contributed by atoms with Crippen molar-refractivity contribution in [1.82, 2.24) is 0 Å². The summed E-state index contributed by atoms with van der Waals surface area (Å²) < 4.78 is 39.3. The van der Waals surface area contributed by atoms with Crippen LogP contribution in [0.15, 0.2) is 0 Å². The molecule has 0 aromatic heterocycles. The number of rotatable bonds is 2. The highest BCUT2D eigenvalue weighted by Gasteiger charge is 2.11. The second kappa shape index (κ2) is 2.83. The van der Waals surface area contributed by atoms with Crippen molar-refractivity contribution in [2.45, 2.75) is 0 Å². The van der Waals surface area contributed by atoms with Gasteiger partial charge in [0.15, 0.2) is 0 Å². The zero-order chi connectivity index (χ0) is 7.49. The van der Waals surface area contributed by atoms with Crippen molar-refractivity contribution in [3.63, 3.8) is 0 Å². The van der Waals surface area contributed by atoms with Crippen LogP contribution in [0.5, 0.6) is 0 Å². The minimum Gasteiger partial charge on any atom is -0.759 e. The Labute approximate surface area is 52.7 Å². The third-order valence-electron chi connectivity index (χ3n) is 0.366. The molecule has 0 saturated carbocycles. The van der Waals surface area contributed by atoms with E-state index in [0.717, 1.165) is 0 Å². The van der Waals surface area contributed by atoms with Gasteiger partial charge in [-0.3, -0.25) is 4.21 Å². The third-order valence-corrected chi connectivity index (χ3v) is 2.49. The van der Waals surface area contributed by atoms with Gasteiger partial charge in [-0.15, -0.1) is 0 Å². The van der Waals surface area contributed by atoms with Crippen molar-refractivity contribution in [3.8, 4) is 0 Å². The maximum atomic E-state index is 10.0. The van der Waals surface area contributed by atoms with Gasteiger partial charge in [-0.25, -0.2) is 8.42 Å². The van der Waals surface area contributed by atoms with E-state index in [1.54, 1.807) is 0 Å². The van der Waals surface area contributed by atoms with Gasteiger partial charge < -0.3 is 10.1 Å². The highest BCUT2D eigenvalue weighted by molar-refractivity contribution is 8.67. The lowest BCUT2D eigenvalue weighted by Crippen LogP contribution is -2.08. The Kier molecular flexibility index (Phi) is 2.65. The van der Waals surface area contributed by atoms with Crippen molar-refractivity contribution >= 4 is 24.5 Å². The molecule has 0 saturated heterocycles. The average molecular weight is 169 g/mol. The van der Waals surface area contributed by atoms with Crippen LogP contribution in [-0.2, 0) is 19.0 Å². The predicted molar refractivity (Wildman–Crippen MR) is 27.5 cm³/mol. The molecule has 0 rings (SSSR count). The van der Waals surface area contributed by atoms with E-state index >= 15 is 0 Å². The summed E-state index contributed by atoms with van der Waals surface area (Å²) >= 11 is 0. The van der Waals surface area contributed by atoms with Crippen molar-refractivity contribution in [1.29, 1.82) is 0 Å². The van der Waals surface area contributed by atoms with Gasteiger partial charge in [-0.1, -0.05) is 0 Å². The maximum Gasteiger partial charge on any atom is 0.381 e. The number of hydrogen-bond donors (Lipinski definition) is 0. The molecule has 0 spiro atoms. The standard InChI is InChI=1S/CH2N2O4S2/c2-3-1-9(6,7)8(4)5/h1H,(H,4,5)/p-1. The highest BCUT2D eigenvalue weighted by Crippen LogP contribution is 1.85. The van der Waals surface area contributed by atoms with E-state index in [9.17, 15) is 17.2 Å². The van der Waals surface area contributed by atoms with E-state index in [1.807, 2.05) is 4.79 Å². The van der Waals surface area contributed by atoms with Gasteiger partial charge in [0.05, 0.1) is 10.1 Å². The van der Waals surface area contributed by atoms with Gasteiger partial charge in [-0.2, -0.15) is 4.79 Å². The zero-order valence-corrected chi connectivity index (χ0v) is 5.55. The first kappa shape index (κ1) is 8.44. The van der Waals surface area contributed by atoms with E-state index in [-0.39, 0.29) is 5.55 Å². The van der Waals surface area contributed by atoms with Crippen molar-refractivity contribution in [2.24, 2.45) is 0 Å². The van der Waals surface area contributed by atoms with Gasteiger partial charge in [0, 0.05) is 0 Å². The minimum atomic E-state index is -4.37. The second-order valence-electron chi connectivity index (χ2n) is 0.918. The largest absolute Gasteiger partial charge is 0.759 e. The van der Waals surface area contributed by atoms with Crippen molar-refractivity contribution in [2.75, 3.05) is 0 Å². The lowest BCUT2D eigenvalue weighted by molar-refractivity contribution is 0.00771. The molecule has 0 aromatic carbocycles. The first-order chi connectivity index (χ1) is 4.00. The molecule has 0 aliphatic rings. The molecule has 1 atom stereocenters. The van der Waals surface area contributed by atoms with Gasteiger partial charge >= 0.3 is 14.4 Å². The van der Waals surface area contributed by atoms with Crippen LogP contribution in [0.4, 0.5) is 0 Å². The Morgan fingerprint density at radius 2 is 2.11 bits per heavy atom. The van der Waals surface area contributed by atoms with E-state index < -0.39 is 19.0 Å². The van der Waals surface area contributed by atoms with Gasteiger partial charge in [0.1, 0.15) is 0 Å². The van der Waals surface area contributed by atoms with Crippen LogP contribution in [0.2, 0.25) is 0 Å². The predicted octanol–water partition coefficient (Wildman–Crippen LogP) is -1.55. The summed E-state index contributed by atoms with van der Waals surface area (Å²) in [7, 11) is -7.64. The van der Waals surface area contributed by atoms with Crippen molar-refractivity contribution < 1.29 is 22.0 Å². The molecule has 0 aliphatic heterocycles. The number of nitrogens with zero attached hydrogens (tertiary/aromatic N) is 2.